The van der Waals surface area contributed by atoms with E-state index in [1.807, 2.05) is 0 Å². The van der Waals surface area contributed by atoms with E-state index < -0.39 is 23.0 Å². The van der Waals surface area contributed by atoms with Gasteiger partial charge in [0.25, 0.3) is 0 Å². The maximum atomic E-state index is 13.6. The average Bonchev–Trinajstić information content (AvgIpc) is 3.09. The first-order valence-electron chi connectivity index (χ1n) is 5.59. The van der Waals surface area contributed by atoms with E-state index in [9.17, 15) is 14.0 Å². The standard InChI is InChI=1S/C13H13FO4/c1-18-11-8(3-2-4-9(11)14)13(5-6-13)7-10(15)12(16)17/h2-4H,5-7H2,1H3,(H,16,17). The summed E-state index contributed by atoms with van der Waals surface area (Å²) in [6.45, 7) is 0. The summed E-state index contributed by atoms with van der Waals surface area (Å²) in [6, 6.07) is 4.50. The lowest BCUT2D eigenvalue weighted by Gasteiger charge is -2.17. The molecule has 0 radical (unpaired) electrons. The maximum absolute atomic E-state index is 13.6. The van der Waals surface area contributed by atoms with E-state index in [-0.39, 0.29) is 12.2 Å². The van der Waals surface area contributed by atoms with Crippen LogP contribution in [0, 0.1) is 5.82 Å². The molecule has 0 spiro atoms. The number of carboxylic acid groups (broad SMARTS) is 1. The Morgan fingerprint density at radius 2 is 2.11 bits per heavy atom. The fourth-order valence-corrected chi connectivity index (χ4v) is 2.21. The number of Topliss-reactive ketones (excluding diaryl/α,β-unsaturated/α-hetero) is 1. The summed E-state index contributed by atoms with van der Waals surface area (Å²) in [4.78, 5) is 21.9. The molecular formula is C13H13FO4. The van der Waals surface area contributed by atoms with Crippen LogP contribution in [0.2, 0.25) is 0 Å². The summed E-state index contributed by atoms with van der Waals surface area (Å²) in [5.41, 5.74) is 0.0164. The Kier molecular flexibility index (Phi) is 3.07. The molecule has 0 unspecified atom stereocenters. The van der Waals surface area contributed by atoms with Crippen molar-refractivity contribution in [1.29, 1.82) is 0 Å². The number of carboxylic acids is 1. The minimum absolute atomic E-state index is 0.105. The minimum Gasteiger partial charge on any atom is -0.493 e. The maximum Gasteiger partial charge on any atom is 0.372 e. The van der Waals surface area contributed by atoms with Gasteiger partial charge in [-0.15, -0.1) is 0 Å². The van der Waals surface area contributed by atoms with Crippen molar-refractivity contribution < 1.29 is 23.8 Å². The SMILES string of the molecule is COc1c(F)cccc1C1(CC(=O)C(=O)O)CC1. The minimum atomic E-state index is -1.45. The zero-order valence-corrected chi connectivity index (χ0v) is 9.90. The highest BCUT2D eigenvalue weighted by atomic mass is 19.1. The normalized spacial score (nSPS) is 16.1. The van der Waals surface area contributed by atoms with Crippen LogP contribution in [0.1, 0.15) is 24.8 Å². The van der Waals surface area contributed by atoms with Crippen LogP contribution in [0.4, 0.5) is 4.39 Å². The van der Waals surface area contributed by atoms with Gasteiger partial charge in [0.05, 0.1) is 7.11 Å². The van der Waals surface area contributed by atoms with Crippen molar-refractivity contribution in [3.8, 4) is 5.75 Å². The molecule has 0 atom stereocenters. The van der Waals surface area contributed by atoms with E-state index in [4.69, 9.17) is 9.84 Å². The monoisotopic (exact) mass is 252 g/mol. The molecular weight excluding hydrogens is 239 g/mol. The Bertz CT molecular complexity index is 506. The van der Waals surface area contributed by atoms with Crippen LogP contribution < -0.4 is 4.74 Å². The number of carbonyl (C=O) groups is 2. The molecule has 1 N–H and O–H groups in total. The Labute approximate surface area is 103 Å². The quantitative estimate of drug-likeness (QED) is 0.813. The second-order valence-electron chi connectivity index (χ2n) is 4.51. The van der Waals surface area contributed by atoms with Gasteiger partial charge in [-0.05, 0) is 18.9 Å². The van der Waals surface area contributed by atoms with E-state index in [1.165, 1.54) is 13.2 Å². The van der Waals surface area contributed by atoms with Gasteiger partial charge in [0.2, 0.25) is 5.78 Å². The number of carbonyl (C=O) groups excluding carboxylic acids is 1. The molecule has 1 saturated carbocycles. The van der Waals surface area contributed by atoms with Crippen LogP contribution in [0.15, 0.2) is 18.2 Å². The van der Waals surface area contributed by atoms with Crippen molar-refractivity contribution in [3.05, 3.63) is 29.6 Å². The van der Waals surface area contributed by atoms with Crippen LogP contribution in [-0.2, 0) is 15.0 Å². The van der Waals surface area contributed by atoms with Gasteiger partial charge in [0.1, 0.15) is 0 Å². The Morgan fingerprint density at radius 1 is 1.44 bits per heavy atom. The number of ether oxygens (including phenoxy) is 1. The van der Waals surface area contributed by atoms with Crippen LogP contribution in [0.25, 0.3) is 0 Å². The van der Waals surface area contributed by atoms with Crippen LogP contribution in [0.5, 0.6) is 5.75 Å². The Balaban J connectivity index is 2.34. The molecule has 0 bridgehead atoms. The molecule has 0 aromatic heterocycles. The fourth-order valence-electron chi connectivity index (χ4n) is 2.21. The summed E-state index contributed by atoms with van der Waals surface area (Å²) in [7, 11) is 1.36. The van der Waals surface area contributed by atoms with Crippen molar-refractivity contribution in [2.75, 3.05) is 7.11 Å². The number of rotatable bonds is 5. The largest absolute Gasteiger partial charge is 0.493 e. The van der Waals surface area contributed by atoms with Crippen molar-refractivity contribution in [2.45, 2.75) is 24.7 Å². The lowest BCUT2D eigenvalue weighted by Crippen LogP contribution is -2.21. The number of hydrogen-bond donors (Lipinski definition) is 1. The highest BCUT2D eigenvalue weighted by Gasteiger charge is 2.48. The molecule has 1 aromatic carbocycles. The second kappa shape index (κ2) is 4.40. The van der Waals surface area contributed by atoms with Crippen molar-refractivity contribution in [2.24, 2.45) is 0 Å². The smallest absolute Gasteiger partial charge is 0.372 e. The third-order valence-electron chi connectivity index (χ3n) is 3.33. The lowest BCUT2D eigenvalue weighted by molar-refractivity contribution is -0.149. The molecule has 0 amide bonds. The Morgan fingerprint density at radius 3 is 2.61 bits per heavy atom. The molecule has 1 aliphatic carbocycles. The highest BCUT2D eigenvalue weighted by Crippen LogP contribution is 2.54. The number of aliphatic carboxylic acids is 1. The molecule has 1 aliphatic rings. The number of ketones is 1. The zero-order valence-electron chi connectivity index (χ0n) is 9.90. The van der Waals surface area contributed by atoms with Gasteiger partial charge < -0.3 is 9.84 Å². The lowest BCUT2D eigenvalue weighted by atomic mass is 9.89. The van der Waals surface area contributed by atoms with Gasteiger partial charge in [-0.3, -0.25) is 4.79 Å². The molecule has 2 rings (SSSR count). The van der Waals surface area contributed by atoms with Crippen molar-refractivity contribution in [3.63, 3.8) is 0 Å². The molecule has 0 aliphatic heterocycles. The molecule has 1 aromatic rings. The van der Waals surface area contributed by atoms with Gasteiger partial charge in [-0.25, -0.2) is 9.18 Å². The average molecular weight is 252 g/mol. The predicted molar refractivity (Wildman–Crippen MR) is 61.1 cm³/mol. The molecule has 5 heteroatoms. The van der Waals surface area contributed by atoms with Crippen LogP contribution >= 0.6 is 0 Å². The van der Waals surface area contributed by atoms with E-state index >= 15 is 0 Å². The second-order valence-corrected chi connectivity index (χ2v) is 4.51. The Hall–Kier alpha value is -1.91. The van der Waals surface area contributed by atoms with Crippen LogP contribution in [0.3, 0.4) is 0 Å². The van der Waals surface area contributed by atoms with Crippen LogP contribution in [-0.4, -0.2) is 24.0 Å². The summed E-state index contributed by atoms with van der Waals surface area (Å²) in [5, 5.41) is 8.65. The van der Waals surface area contributed by atoms with Gasteiger partial charge in [-0.1, -0.05) is 12.1 Å². The number of methoxy groups -OCH3 is 1. The third-order valence-corrected chi connectivity index (χ3v) is 3.33. The molecule has 0 saturated heterocycles. The zero-order chi connectivity index (χ0) is 13.3. The van der Waals surface area contributed by atoms with E-state index in [2.05, 4.69) is 0 Å². The highest BCUT2D eigenvalue weighted by molar-refractivity contribution is 6.33. The fraction of sp³-hybridized carbons (Fsp3) is 0.385. The predicted octanol–water partition coefficient (Wildman–Crippen LogP) is 1.91. The van der Waals surface area contributed by atoms with Gasteiger partial charge in [0.15, 0.2) is 11.6 Å². The number of benzene rings is 1. The van der Waals surface area contributed by atoms with E-state index in [0.29, 0.717) is 18.4 Å². The molecule has 96 valence electrons. The first kappa shape index (κ1) is 12.5. The van der Waals surface area contributed by atoms with Gasteiger partial charge in [-0.2, -0.15) is 0 Å². The summed E-state index contributed by atoms with van der Waals surface area (Å²) >= 11 is 0. The topological polar surface area (TPSA) is 63.6 Å². The summed E-state index contributed by atoms with van der Waals surface area (Å²) in [6.07, 6.45) is 1.24. The number of halogens is 1. The third kappa shape index (κ3) is 2.08. The molecule has 18 heavy (non-hydrogen) atoms. The molecule has 4 nitrogen and oxygen atoms in total. The number of hydrogen-bond acceptors (Lipinski definition) is 3. The van der Waals surface area contributed by atoms with Gasteiger partial charge in [0, 0.05) is 17.4 Å². The van der Waals surface area contributed by atoms with Crippen molar-refractivity contribution >= 4 is 11.8 Å². The molecule has 0 heterocycles. The van der Waals surface area contributed by atoms with Gasteiger partial charge >= 0.3 is 5.97 Å². The molecule has 1 fully saturated rings. The summed E-state index contributed by atoms with van der Waals surface area (Å²) < 4.78 is 18.6. The van der Waals surface area contributed by atoms with Crippen molar-refractivity contribution in [1.82, 2.24) is 0 Å². The summed E-state index contributed by atoms with van der Waals surface area (Å²) in [5.74, 6) is -2.69. The first-order valence-corrected chi connectivity index (χ1v) is 5.59. The van der Waals surface area contributed by atoms with E-state index in [1.54, 1.807) is 12.1 Å². The first-order chi connectivity index (χ1) is 8.50. The number of para-hydroxylation sites is 1. The van der Waals surface area contributed by atoms with E-state index in [0.717, 1.165) is 0 Å².